The molecule has 31 heavy (non-hydrogen) atoms. The van der Waals surface area contributed by atoms with Gasteiger partial charge in [0.2, 0.25) is 5.91 Å². The first-order valence-corrected chi connectivity index (χ1v) is 9.98. The molecule has 0 saturated heterocycles. The molecule has 0 atom stereocenters. The minimum absolute atomic E-state index is 0.144. The predicted octanol–water partition coefficient (Wildman–Crippen LogP) is 2.60. The third kappa shape index (κ3) is 4.07. The lowest BCUT2D eigenvalue weighted by atomic mass is 10.1. The topological polar surface area (TPSA) is 110 Å². The Bertz CT molecular complexity index is 1140. The number of anilines is 1. The second kappa shape index (κ2) is 8.10. The second-order valence-electron chi connectivity index (χ2n) is 7.49. The molecule has 0 bridgehead atoms. The smallest absolute Gasteiger partial charge is 0.261 e. The summed E-state index contributed by atoms with van der Waals surface area (Å²) in [5.41, 5.74) is 3.13. The van der Waals surface area contributed by atoms with Crippen molar-refractivity contribution < 1.29 is 14.4 Å². The molecular formula is C22H22N6O3. The molecule has 0 aliphatic carbocycles. The van der Waals surface area contributed by atoms with Crippen molar-refractivity contribution >= 4 is 23.5 Å². The first-order valence-electron chi connectivity index (χ1n) is 9.98. The Morgan fingerprint density at radius 1 is 0.935 bits per heavy atom. The van der Waals surface area contributed by atoms with Gasteiger partial charge < -0.3 is 5.32 Å². The van der Waals surface area contributed by atoms with Crippen LogP contribution in [0.4, 0.5) is 5.82 Å². The van der Waals surface area contributed by atoms with Crippen molar-refractivity contribution in [3.05, 3.63) is 64.6 Å². The van der Waals surface area contributed by atoms with Crippen LogP contribution in [0.25, 0.3) is 5.95 Å². The number of hydrogen-bond donors (Lipinski definition) is 1. The zero-order chi connectivity index (χ0) is 22.1. The largest absolute Gasteiger partial charge is 0.310 e. The van der Waals surface area contributed by atoms with Crippen molar-refractivity contribution in [2.75, 3.05) is 11.9 Å². The van der Waals surface area contributed by atoms with E-state index in [0.717, 1.165) is 11.4 Å². The van der Waals surface area contributed by atoms with Crippen molar-refractivity contribution in [1.82, 2.24) is 24.6 Å². The summed E-state index contributed by atoms with van der Waals surface area (Å²) in [7, 11) is 0. The fourth-order valence-corrected chi connectivity index (χ4v) is 3.59. The molecule has 158 valence electrons. The lowest BCUT2D eigenvalue weighted by Gasteiger charge is -2.13. The van der Waals surface area contributed by atoms with Crippen molar-refractivity contribution in [2.24, 2.45) is 0 Å². The first-order chi connectivity index (χ1) is 14.8. The van der Waals surface area contributed by atoms with Gasteiger partial charge in [-0.05, 0) is 45.4 Å². The summed E-state index contributed by atoms with van der Waals surface area (Å²) in [6.45, 7) is 5.73. The normalized spacial score (nSPS) is 12.9. The van der Waals surface area contributed by atoms with E-state index in [-0.39, 0.29) is 30.7 Å². The van der Waals surface area contributed by atoms with Crippen LogP contribution in [0.5, 0.6) is 0 Å². The molecule has 0 saturated carbocycles. The summed E-state index contributed by atoms with van der Waals surface area (Å²) >= 11 is 0. The Morgan fingerprint density at radius 2 is 1.55 bits per heavy atom. The fraction of sp³-hybridized carbons (Fsp3) is 0.273. The van der Waals surface area contributed by atoms with Gasteiger partial charge in [0.25, 0.3) is 17.8 Å². The van der Waals surface area contributed by atoms with Gasteiger partial charge in [-0.15, -0.1) is 0 Å². The average Bonchev–Trinajstić information content (AvgIpc) is 3.20. The Balaban J connectivity index is 1.39. The Morgan fingerprint density at radius 3 is 2.16 bits per heavy atom. The Labute approximate surface area is 179 Å². The number of benzene rings is 1. The zero-order valence-corrected chi connectivity index (χ0v) is 17.5. The third-order valence-corrected chi connectivity index (χ3v) is 4.92. The Hall–Kier alpha value is -3.88. The van der Waals surface area contributed by atoms with E-state index >= 15 is 0 Å². The number of carbonyl (C=O) groups is 3. The molecule has 1 aliphatic rings. The van der Waals surface area contributed by atoms with Crippen LogP contribution < -0.4 is 5.32 Å². The SMILES string of the molecule is Cc1cc(C)nc(-n2nc(C)cc2NC(=O)CCCN2C(=O)c3ccccc3C2=O)n1. The molecule has 0 unspecified atom stereocenters. The molecule has 3 amide bonds. The molecule has 9 heteroatoms. The lowest BCUT2D eigenvalue weighted by molar-refractivity contribution is -0.116. The third-order valence-electron chi connectivity index (χ3n) is 4.92. The molecule has 0 radical (unpaired) electrons. The number of imide groups is 1. The highest BCUT2D eigenvalue weighted by Gasteiger charge is 2.34. The molecule has 3 heterocycles. The van der Waals surface area contributed by atoms with E-state index in [1.807, 2.05) is 26.8 Å². The number of aromatic nitrogens is 4. The van der Waals surface area contributed by atoms with Crippen LogP contribution >= 0.6 is 0 Å². The average molecular weight is 418 g/mol. The standard InChI is InChI=1S/C22H22N6O3/c1-13-11-14(2)24-22(23-13)28-18(12-15(3)26-28)25-19(29)9-6-10-27-20(30)16-7-4-5-8-17(16)21(27)31/h4-5,7-8,11-12H,6,9-10H2,1-3H3,(H,25,29). The van der Waals surface area contributed by atoms with Gasteiger partial charge in [0.15, 0.2) is 0 Å². The molecule has 1 aromatic carbocycles. The molecular weight excluding hydrogens is 396 g/mol. The van der Waals surface area contributed by atoms with E-state index in [2.05, 4.69) is 20.4 Å². The van der Waals surface area contributed by atoms with Gasteiger partial charge in [-0.2, -0.15) is 9.78 Å². The lowest BCUT2D eigenvalue weighted by Crippen LogP contribution is -2.31. The maximum absolute atomic E-state index is 12.5. The molecule has 1 aliphatic heterocycles. The maximum atomic E-state index is 12.5. The number of aryl methyl sites for hydroxylation is 3. The van der Waals surface area contributed by atoms with Gasteiger partial charge in [-0.3, -0.25) is 19.3 Å². The maximum Gasteiger partial charge on any atom is 0.261 e. The van der Waals surface area contributed by atoms with Crippen LogP contribution in [0.2, 0.25) is 0 Å². The zero-order valence-electron chi connectivity index (χ0n) is 17.5. The summed E-state index contributed by atoms with van der Waals surface area (Å²) in [6, 6.07) is 10.3. The highest BCUT2D eigenvalue weighted by molar-refractivity contribution is 6.21. The van der Waals surface area contributed by atoms with E-state index in [1.54, 1.807) is 30.3 Å². The van der Waals surface area contributed by atoms with Gasteiger partial charge >= 0.3 is 0 Å². The van der Waals surface area contributed by atoms with E-state index in [9.17, 15) is 14.4 Å². The van der Waals surface area contributed by atoms with Crippen LogP contribution in [0.1, 0.15) is 50.6 Å². The number of rotatable bonds is 6. The van der Waals surface area contributed by atoms with Crippen LogP contribution in [-0.2, 0) is 4.79 Å². The van der Waals surface area contributed by atoms with Gasteiger partial charge in [-0.25, -0.2) is 9.97 Å². The van der Waals surface area contributed by atoms with E-state index in [1.165, 1.54) is 9.58 Å². The monoisotopic (exact) mass is 418 g/mol. The van der Waals surface area contributed by atoms with Crippen molar-refractivity contribution in [1.29, 1.82) is 0 Å². The molecule has 1 N–H and O–H groups in total. The number of nitrogens with one attached hydrogen (secondary N) is 1. The van der Waals surface area contributed by atoms with Gasteiger partial charge in [-0.1, -0.05) is 12.1 Å². The molecule has 0 fully saturated rings. The number of amides is 3. The van der Waals surface area contributed by atoms with Gasteiger partial charge in [0.1, 0.15) is 5.82 Å². The van der Waals surface area contributed by atoms with Crippen LogP contribution in [-0.4, -0.2) is 48.9 Å². The van der Waals surface area contributed by atoms with Crippen LogP contribution in [0, 0.1) is 20.8 Å². The summed E-state index contributed by atoms with van der Waals surface area (Å²) in [6.07, 6.45) is 0.496. The number of fused-ring (bicyclic) bond motifs is 1. The number of hydrogen-bond acceptors (Lipinski definition) is 6. The number of nitrogens with zero attached hydrogens (tertiary/aromatic N) is 5. The quantitative estimate of drug-likeness (QED) is 0.616. The van der Waals surface area contributed by atoms with Crippen LogP contribution in [0.3, 0.4) is 0 Å². The highest BCUT2D eigenvalue weighted by atomic mass is 16.2. The predicted molar refractivity (Wildman–Crippen MR) is 113 cm³/mol. The van der Waals surface area contributed by atoms with Gasteiger partial charge in [0, 0.05) is 30.4 Å². The molecule has 9 nitrogen and oxygen atoms in total. The molecule has 2 aromatic heterocycles. The molecule has 0 spiro atoms. The first kappa shape index (κ1) is 20.4. The summed E-state index contributed by atoms with van der Waals surface area (Å²) in [5.74, 6) is -0.0364. The second-order valence-corrected chi connectivity index (χ2v) is 7.49. The van der Waals surface area contributed by atoms with Crippen LogP contribution in [0.15, 0.2) is 36.4 Å². The minimum atomic E-state index is -0.318. The molecule has 4 rings (SSSR count). The summed E-state index contributed by atoms with van der Waals surface area (Å²) in [5, 5.41) is 7.21. The van der Waals surface area contributed by atoms with Gasteiger partial charge in [0.05, 0.1) is 16.8 Å². The Kier molecular flexibility index (Phi) is 5.33. The molecule has 3 aromatic rings. The highest BCUT2D eigenvalue weighted by Crippen LogP contribution is 2.23. The van der Waals surface area contributed by atoms with Crippen molar-refractivity contribution in [3.63, 3.8) is 0 Å². The van der Waals surface area contributed by atoms with E-state index < -0.39 is 0 Å². The minimum Gasteiger partial charge on any atom is -0.310 e. The summed E-state index contributed by atoms with van der Waals surface area (Å²) in [4.78, 5) is 47.3. The summed E-state index contributed by atoms with van der Waals surface area (Å²) < 4.78 is 1.50. The van der Waals surface area contributed by atoms with E-state index in [4.69, 9.17) is 0 Å². The number of carbonyl (C=O) groups excluding carboxylic acids is 3. The van der Waals surface area contributed by atoms with E-state index in [0.29, 0.717) is 35.0 Å². The van der Waals surface area contributed by atoms with Crippen molar-refractivity contribution in [3.8, 4) is 5.95 Å². The fourth-order valence-electron chi connectivity index (χ4n) is 3.59. The van der Waals surface area contributed by atoms with Crippen molar-refractivity contribution in [2.45, 2.75) is 33.6 Å².